The van der Waals surface area contributed by atoms with Crippen molar-refractivity contribution in [3.05, 3.63) is 33.2 Å². The van der Waals surface area contributed by atoms with Crippen LogP contribution >= 0.6 is 15.9 Å². The van der Waals surface area contributed by atoms with Gasteiger partial charge in [0, 0.05) is 16.7 Å². The number of rotatable bonds is 1. The largest absolute Gasteiger partial charge is 0.391 e. The lowest BCUT2D eigenvalue weighted by Crippen LogP contribution is -2.28. The molecular formula is C10H12BrNO2. The molecule has 2 rings (SSSR count). The number of aromatic nitrogens is 1. The minimum Gasteiger partial charge on any atom is -0.391 e. The quantitative estimate of drug-likeness (QED) is 0.833. The van der Waals surface area contributed by atoms with Gasteiger partial charge < -0.3 is 9.67 Å². The fourth-order valence-electron chi connectivity index (χ4n) is 1.98. The molecule has 0 radical (unpaired) electrons. The zero-order chi connectivity index (χ0) is 10.1. The molecule has 1 aliphatic carbocycles. The maximum absolute atomic E-state index is 11.5. The Morgan fingerprint density at radius 2 is 2.21 bits per heavy atom. The Morgan fingerprint density at radius 1 is 1.43 bits per heavy atom. The highest BCUT2D eigenvalue weighted by atomic mass is 79.9. The monoisotopic (exact) mass is 257 g/mol. The molecule has 1 fully saturated rings. The van der Waals surface area contributed by atoms with Crippen molar-refractivity contribution >= 4 is 15.9 Å². The Labute approximate surface area is 90.5 Å². The third-order valence-electron chi connectivity index (χ3n) is 2.70. The summed E-state index contributed by atoms with van der Waals surface area (Å²) in [6, 6.07) is 3.20. The lowest BCUT2D eigenvalue weighted by atomic mass is 10.2. The third kappa shape index (κ3) is 1.77. The molecule has 1 aliphatic rings. The van der Waals surface area contributed by atoms with Crippen molar-refractivity contribution in [1.29, 1.82) is 0 Å². The Kier molecular flexibility index (Phi) is 2.74. The van der Waals surface area contributed by atoms with Crippen LogP contribution in [0.4, 0.5) is 0 Å². The van der Waals surface area contributed by atoms with Crippen molar-refractivity contribution in [2.45, 2.75) is 31.4 Å². The first-order valence-electron chi connectivity index (χ1n) is 4.74. The Morgan fingerprint density at radius 3 is 2.86 bits per heavy atom. The summed E-state index contributed by atoms with van der Waals surface area (Å²) in [5.74, 6) is 0. The minimum absolute atomic E-state index is 0.0417. The summed E-state index contributed by atoms with van der Waals surface area (Å²) >= 11 is 3.32. The van der Waals surface area contributed by atoms with Crippen LogP contribution in [0.15, 0.2) is 27.6 Å². The molecule has 0 amide bonds. The normalized spacial score (nSPS) is 26.7. The third-order valence-corrected chi connectivity index (χ3v) is 3.17. The van der Waals surface area contributed by atoms with Crippen LogP contribution < -0.4 is 5.56 Å². The highest BCUT2D eigenvalue weighted by Gasteiger charge is 2.27. The van der Waals surface area contributed by atoms with Crippen LogP contribution in [0.1, 0.15) is 25.3 Å². The maximum atomic E-state index is 11.5. The summed E-state index contributed by atoms with van der Waals surface area (Å²) in [5, 5.41) is 9.68. The van der Waals surface area contributed by atoms with Gasteiger partial charge in [0.1, 0.15) is 0 Å². The van der Waals surface area contributed by atoms with Crippen LogP contribution in [0.5, 0.6) is 0 Å². The molecule has 0 aromatic carbocycles. The Balaban J connectivity index is 2.40. The lowest BCUT2D eigenvalue weighted by Gasteiger charge is -2.17. The molecule has 0 aliphatic heterocycles. The molecule has 1 aromatic heterocycles. The first-order chi connectivity index (χ1) is 6.68. The molecule has 0 bridgehead atoms. The van der Waals surface area contributed by atoms with Crippen LogP contribution in [0.2, 0.25) is 0 Å². The molecule has 76 valence electrons. The average Bonchev–Trinajstić information content (AvgIpc) is 2.56. The first kappa shape index (κ1) is 9.93. The average molecular weight is 258 g/mol. The van der Waals surface area contributed by atoms with Crippen LogP contribution in [0, 0.1) is 0 Å². The molecule has 0 unspecified atom stereocenters. The standard InChI is InChI=1S/C10H12BrNO2/c11-7-4-5-10(14)12(6-7)8-2-1-3-9(8)13/h4-6,8-9,13H,1-3H2/t8-,9-/m0/s1. The van der Waals surface area contributed by atoms with Gasteiger partial charge in [0.15, 0.2) is 0 Å². The van der Waals surface area contributed by atoms with Crippen LogP contribution in [0.3, 0.4) is 0 Å². The zero-order valence-electron chi connectivity index (χ0n) is 7.69. The Hall–Kier alpha value is -0.610. The summed E-state index contributed by atoms with van der Waals surface area (Å²) < 4.78 is 2.50. The number of pyridine rings is 1. The summed E-state index contributed by atoms with van der Waals surface area (Å²) in [5.41, 5.74) is -0.0425. The molecule has 1 N–H and O–H groups in total. The molecule has 0 spiro atoms. The van der Waals surface area contributed by atoms with Gasteiger partial charge in [-0.25, -0.2) is 0 Å². The molecule has 3 nitrogen and oxygen atoms in total. The van der Waals surface area contributed by atoms with Gasteiger partial charge >= 0.3 is 0 Å². The molecule has 1 heterocycles. The SMILES string of the molecule is O=c1ccc(Br)cn1[C@H]1CCC[C@@H]1O. The van der Waals surface area contributed by atoms with Crippen LogP contribution in [-0.2, 0) is 0 Å². The number of aliphatic hydroxyl groups is 1. The highest BCUT2D eigenvalue weighted by Crippen LogP contribution is 2.29. The van der Waals surface area contributed by atoms with E-state index < -0.39 is 0 Å². The van der Waals surface area contributed by atoms with E-state index in [4.69, 9.17) is 0 Å². The van der Waals surface area contributed by atoms with Crippen molar-refractivity contribution in [3.63, 3.8) is 0 Å². The molecule has 1 saturated carbocycles. The van der Waals surface area contributed by atoms with Gasteiger partial charge in [0.25, 0.3) is 5.56 Å². The second kappa shape index (κ2) is 3.87. The summed E-state index contributed by atoms with van der Waals surface area (Å²) in [6.07, 6.45) is 4.05. The van der Waals surface area contributed by atoms with E-state index in [0.29, 0.717) is 0 Å². The van der Waals surface area contributed by atoms with Crippen LogP contribution in [0.25, 0.3) is 0 Å². The van der Waals surface area contributed by atoms with Gasteiger partial charge in [0.05, 0.1) is 12.1 Å². The predicted octanol–water partition coefficient (Wildman–Crippen LogP) is 1.70. The molecule has 4 heteroatoms. The topological polar surface area (TPSA) is 42.2 Å². The minimum atomic E-state index is -0.373. The second-order valence-corrected chi connectivity index (χ2v) is 4.57. The van der Waals surface area contributed by atoms with Gasteiger partial charge in [0.2, 0.25) is 0 Å². The van der Waals surface area contributed by atoms with Crippen LogP contribution in [-0.4, -0.2) is 15.8 Å². The van der Waals surface area contributed by atoms with E-state index in [0.717, 1.165) is 23.7 Å². The molecule has 1 aromatic rings. The maximum Gasteiger partial charge on any atom is 0.250 e. The summed E-state index contributed by atoms with van der Waals surface area (Å²) in [6.45, 7) is 0. The van der Waals surface area contributed by atoms with E-state index in [1.807, 2.05) is 0 Å². The van der Waals surface area contributed by atoms with Crippen molar-refractivity contribution in [2.24, 2.45) is 0 Å². The first-order valence-corrected chi connectivity index (χ1v) is 5.53. The number of hydrogen-bond acceptors (Lipinski definition) is 2. The fraction of sp³-hybridized carbons (Fsp3) is 0.500. The number of hydrogen-bond donors (Lipinski definition) is 1. The van der Waals surface area contributed by atoms with Crippen molar-refractivity contribution < 1.29 is 5.11 Å². The number of nitrogens with zero attached hydrogens (tertiary/aromatic N) is 1. The van der Waals surface area contributed by atoms with Gasteiger partial charge in [-0.1, -0.05) is 0 Å². The summed E-state index contributed by atoms with van der Waals surface area (Å²) in [7, 11) is 0. The smallest absolute Gasteiger partial charge is 0.250 e. The zero-order valence-corrected chi connectivity index (χ0v) is 9.27. The van der Waals surface area contributed by atoms with Gasteiger partial charge in [-0.05, 0) is 41.3 Å². The van der Waals surface area contributed by atoms with E-state index >= 15 is 0 Å². The van der Waals surface area contributed by atoms with Crippen molar-refractivity contribution in [2.75, 3.05) is 0 Å². The molecule has 2 atom stereocenters. The van der Waals surface area contributed by atoms with Crippen molar-refractivity contribution in [3.8, 4) is 0 Å². The number of halogens is 1. The predicted molar refractivity (Wildman–Crippen MR) is 57.3 cm³/mol. The van der Waals surface area contributed by atoms with E-state index in [-0.39, 0.29) is 17.7 Å². The van der Waals surface area contributed by atoms with Gasteiger partial charge in [-0.2, -0.15) is 0 Å². The number of aliphatic hydroxyl groups excluding tert-OH is 1. The molecular weight excluding hydrogens is 246 g/mol. The Bertz CT molecular complexity index is 388. The highest BCUT2D eigenvalue weighted by molar-refractivity contribution is 9.10. The van der Waals surface area contributed by atoms with E-state index in [1.54, 1.807) is 16.8 Å². The van der Waals surface area contributed by atoms with Gasteiger partial charge in [-0.3, -0.25) is 4.79 Å². The molecule has 14 heavy (non-hydrogen) atoms. The molecule has 0 saturated heterocycles. The van der Waals surface area contributed by atoms with Crippen molar-refractivity contribution in [1.82, 2.24) is 4.57 Å². The van der Waals surface area contributed by atoms with Gasteiger partial charge in [-0.15, -0.1) is 0 Å². The van der Waals surface area contributed by atoms with E-state index in [1.165, 1.54) is 6.07 Å². The summed E-state index contributed by atoms with van der Waals surface area (Å²) in [4.78, 5) is 11.5. The lowest BCUT2D eigenvalue weighted by molar-refractivity contribution is 0.134. The van der Waals surface area contributed by atoms with E-state index in [2.05, 4.69) is 15.9 Å². The van der Waals surface area contributed by atoms with E-state index in [9.17, 15) is 9.90 Å². The second-order valence-electron chi connectivity index (χ2n) is 3.66. The fourth-order valence-corrected chi connectivity index (χ4v) is 2.33.